The number of carbonyl (C=O) groups is 1. The van der Waals surface area contributed by atoms with Crippen molar-refractivity contribution in [3.63, 3.8) is 0 Å². The Balaban J connectivity index is 0.000000494. The van der Waals surface area contributed by atoms with Crippen LogP contribution in [0.3, 0.4) is 0 Å². The Labute approximate surface area is 112 Å². The number of allylic oxidation sites excluding steroid dienone is 1. The number of hydrogen-bond acceptors (Lipinski definition) is 4. The summed E-state index contributed by atoms with van der Waals surface area (Å²) in [6, 6.07) is 10.1. The minimum absolute atomic E-state index is 0.278. The second-order valence-electron chi connectivity index (χ2n) is 3.26. The summed E-state index contributed by atoms with van der Waals surface area (Å²) in [6.07, 6.45) is 3.91. The van der Waals surface area contributed by atoms with Gasteiger partial charge in [0.1, 0.15) is 0 Å². The first-order valence-electron chi connectivity index (χ1n) is 5.30. The third-order valence-electron chi connectivity index (χ3n) is 1.68. The van der Waals surface area contributed by atoms with Gasteiger partial charge >= 0.3 is 5.97 Å². The zero-order valence-electron chi connectivity index (χ0n) is 10.5. The monoisotopic (exact) mass is 266 g/mol. The Kier molecular flexibility index (Phi) is 9.62. The molecule has 1 aromatic rings. The lowest BCUT2D eigenvalue weighted by molar-refractivity contribution is -0.135. The van der Waals surface area contributed by atoms with Crippen LogP contribution in [0, 0.1) is 0 Å². The van der Waals surface area contributed by atoms with Gasteiger partial charge in [0.05, 0.1) is 6.54 Å². The summed E-state index contributed by atoms with van der Waals surface area (Å²) in [5.41, 5.74) is 6.75. The number of nitrogens with two attached hydrogens (primary N) is 1. The van der Waals surface area contributed by atoms with Gasteiger partial charge in [-0.05, 0) is 24.2 Å². The van der Waals surface area contributed by atoms with E-state index >= 15 is 0 Å². The van der Waals surface area contributed by atoms with Crippen molar-refractivity contribution < 1.29 is 9.90 Å². The summed E-state index contributed by atoms with van der Waals surface area (Å²) in [6.45, 7) is 1.72. The Hall–Kier alpha value is -1.59. The largest absolute Gasteiger partial charge is 0.480 e. The van der Waals surface area contributed by atoms with Crippen LogP contribution < -0.4 is 5.73 Å². The number of hydrogen-bond donors (Lipinski definition) is 2. The lowest BCUT2D eigenvalue weighted by atomic mass is 10.2. The van der Waals surface area contributed by atoms with E-state index in [1.54, 1.807) is 11.8 Å². The molecule has 0 radical (unpaired) electrons. The number of aliphatic imine (C=N–C) groups is 1. The van der Waals surface area contributed by atoms with E-state index in [0.717, 1.165) is 11.3 Å². The fraction of sp³-hybridized carbons (Fsp3) is 0.231. The van der Waals surface area contributed by atoms with Gasteiger partial charge in [-0.25, -0.2) is 0 Å². The molecule has 0 saturated heterocycles. The second-order valence-corrected chi connectivity index (χ2v) is 3.97. The van der Waals surface area contributed by atoms with Gasteiger partial charge < -0.3 is 10.8 Å². The van der Waals surface area contributed by atoms with Crippen LogP contribution in [0.1, 0.15) is 12.5 Å². The van der Waals surface area contributed by atoms with E-state index in [0.29, 0.717) is 0 Å². The summed E-state index contributed by atoms with van der Waals surface area (Å²) in [7, 11) is 0. The Bertz CT molecular complexity index is 403. The van der Waals surface area contributed by atoms with Crippen molar-refractivity contribution in [2.75, 3.05) is 12.8 Å². The number of carboxylic acid groups (broad SMARTS) is 1. The second kappa shape index (κ2) is 10.6. The van der Waals surface area contributed by atoms with Crippen molar-refractivity contribution in [2.45, 2.75) is 6.92 Å². The summed E-state index contributed by atoms with van der Waals surface area (Å²) in [4.78, 5) is 13.5. The van der Waals surface area contributed by atoms with Crippen LogP contribution in [0.15, 0.2) is 46.4 Å². The van der Waals surface area contributed by atoms with Gasteiger partial charge in [0, 0.05) is 11.9 Å². The van der Waals surface area contributed by atoms with Gasteiger partial charge in [0.25, 0.3) is 0 Å². The van der Waals surface area contributed by atoms with Crippen LogP contribution in [0.4, 0.5) is 0 Å². The first kappa shape index (κ1) is 16.4. The molecule has 0 spiro atoms. The highest BCUT2D eigenvalue weighted by Gasteiger charge is 1.84. The predicted molar refractivity (Wildman–Crippen MR) is 78.0 cm³/mol. The first-order chi connectivity index (χ1) is 8.60. The normalized spacial score (nSPS) is 10.9. The van der Waals surface area contributed by atoms with Gasteiger partial charge in [-0.3, -0.25) is 9.79 Å². The highest BCUT2D eigenvalue weighted by atomic mass is 32.2. The number of carboxylic acids is 1. The minimum atomic E-state index is -0.968. The molecule has 0 aliphatic rings. The zero-order valence-corrected chi connectivity index (χ0v) is 11.4. The van der Waals surface area contributed by atoms with Crippen LogP contribution in [-0.2, 0) is 4.79 Å². The van der Waals surface area contributed by atoms with E-state index in [4.69, 9.17) is 5.11 Å². The molecular weight excluding hydrogens is 248 g/mol. The average Bonchev–Trinajstić information content (AvgIpc) is 2.38. The van der Waals surface area contributed by atoms with Crippen molar-refractivity contribution in [2.24, 2.45) is 10.7 Å². The summed E-state index contributed by atoms with van der Waals surface area (Å²) >= 11 is 1.67. The van der Waals surface area contributed by atoms with E-state index < -0.39 is 5.97 Å². The molecular formula is C13H18N2O2S. The maximum absolute atomic E-state index is 9.24. The van der Waals surface area contributed by atoms with E-state index in [1.165, 1.54) is 0 Å². The third kappa shape index (κ3) is 9.62. The number of benzene rings is 1. The van der Waals surface area contributed by atoms with E-state index in [2.05, 4.69) is 10.7 Å². The Morgan fingerprint density at radius 3 is 2.44 bits per heavy atom. The van der Waals surface area contributed by atoms with Crippen molar-refractivity contribution in [3.05, 3.63) is 47.0 Å². The van der Waals surface area contributed by atoms with Crippen molar-refractivity contribution >= 4 is 23.9 Å². The predicted octanol–water partition coefficient (Wildman–Crippen LogP) is 2.36. The average molecular weight is 266 g/mol. The minimum Gasteiger partial charge on any atom is -0.480 e. The molecule has 4 nitrogen and oxygen atoms in total. The topological polar surface area (TPSA) is 75.7 Å². The highest BCUT2D eigenvalue weighted by molar-refractivity contribution is 8.01. The summed E-state index contributed by atoms with van der Waals surface area (Å²) in [5.74, 6) is -0.968. The fourth-order valence-electron chi connectivity index (χ4n) is 0.916. The maximum atomic E-state index is 9.24. The van der Waals surface area contributed by atoms with Crippen LogP contribution in [0.2, 0.25) is 0 Å². The maximum Gasteiger partial charge on any atom is 0.317 e. The van der Waals surface area contributed by atoms with Crippen LogP contribution >= 0.6 is 11.8 Å². The molecule has 0 saturated carbocycles. The molecule has 3 N–H and O–H groups in total. The van der Waals surface area contributed by atoms with Crippen LogP contribution in [0.25, 0.3) is 0 Å². The van der Waals surface area contributed by atoms with Gasteiger partial charge in [-0.1, -0.05) is 30.3 Å². The lowest BCUT2D eigenvalue weighted by Crippen LogP contribution is -2.10. The molecule has 0 fully saturated rings. The van der Waals surface area contributed by atoms with Gasteiger partial charge in [0.2, 0.25) is 0 Å². The zero-order chi connectivity index (χ0) is 13.8. The molecule has 0 bridgehead atoms. The summed E-state index contributed by atoms with van der Waals surface area (Å²) in [5, 5.41) is 9.62. The van der Waals surface area contributed by atoms with Gasteiger partial charge in [-0.15, -0.1) is 11.8 Å². The molecule has 0 aliphatic heterocycles. The standard InChI is InChI=1S/C11H13NS.C2H5NO2/c1-10(9-13-2)12-8-11-6-4-3-5-7-11;3-1-2(4)5/h3-9H,1-2H3;1,3H2,(H,4,5)/b10-9-,12-8?;. The van der Waals surface area contributed by atoms with E-state index in [-0.39, 0.29) is 6.54 Å². The quantitative estimate of drug-likeness (QED) is 0.820. The number of aliphatic carboxylic acids is 1. The molecule has 18 heavy (non-hydrogen) atoms. The molecule has 0 heterocycles. The molecule has 0 amide bonds. The number of rotatable bonds is 4. The Morgan fingerprint density at radius 1 is 1.44 bits per heavy atom. The van der Waals surface area contributed by atoms with E-state index in [9.17, 15) is 4.79 Å². The SMILES string of the molecule is CS/C=C(/C)N=Cc1ccccc1.NCC(=O)O. The molecule has 0 aromatic heterocycles. The summed E-state index contributed by atoms with van der Waals surface area (Å²) < 4.78 is 0. The van der Waals surface area contributed by atoms with Crippen molar-refractivity contribution in [1.82, 2.24) is 0 Å². The van der Waals surface area contributed by atoms with Crippen LogP contribution in [-0.4, -0.2) is 30.1 Å². The molecule has 0 atom stereocenters. The molecule has 98 valence electrons. The van der Waals surface area contributed by atoms with Crippen molar-refractivity contribution in [3.8, 4) is 0 Å². The van der Waals surface area contributed by atoms with Gasteiger partial charge in [0.15, 0.2) is 0 Å². The molecule has 0 unspecified atom stereocenters. The smallest absolute Gasteiger partial charge is 0.317 e. The third-order valence-corrected chi connectivity index (χ3v) is 2.26. The number of nitrogens with zero attached hydrogens (tertiary/aromatic N) is 1. The fourth-order valence-corrected chi connectivity index (χ4v) is 1.32. The number of thioether (sulfide) groups is 1. The Morgan fingerprint density at radius 2 is 2.00 bits per heavy atom. The molecule has 1 rings (SSSR count). The molecule has 1 aromatic carbocycles. The van der Waals surface area contributed by atoms with E-state index in [1.807, 2.05) is 55.1 Å². The lowest BCUT2D eigenvalue weighted by Gasteiger charge is -1.91. The molecule has 0 aliphatic carbocycles. The first-order valence-corrected chi connectivity index (χ1v) is 6.59. The van der Waals surface area contributed by atoms with Gasteiger partial charge in [-0.2, -0.15) is 0 Å². The highest BCUT2D eigenvalue weighted by Crippen LogP contribution is 2.03. The van der Waals surface area contributed by atoms with Crippen molar-refractivity contribution in [1.29, 1.82) is 0 Å². The molecule has 5 heteroatoms. The van der Waals surface area contributed by atoms with Crippen LogP contribution in [0.5, 0.6) is 0 Å².